The number of allylic oxidation sites excluding steroid dienone is 2. The molecule has 6 N–H and O–H groups in total. The normalized spacial score (nSPS) is 16.7. The molecule has 1 fully saturated rings. The fourth-order valence-corrected chi connectivity index (χ4v) is 2.70. The lowest BCUT2D eigenvalue weighted by molar-refractivity contribution is 0.296. The lowest BCUT2D eigenvalue weighted by atomic mass is 10.3. The van der Waals surface area contributed by atoms with E-state index in [1.807, 2.05) is 0 Å². The number of nitrogens with one attached hydrogen (secondary N) is 2. The van der Waals surface area contributed by atoms with Crippen LogP contribution in [0.4, 0.5) is 5.69 Å². The Morgan fingerprint density at radius 1 is 1.36 bits per heavy atom. The number of anilines is 1. The number of hydrogen-bond donors (Lipinski definition) is 4. The molecule has 1 saturated heterocycles. The molecule has 0 aromatic carbocycles. The van der Waals surface area contributed by atoms with Crippen molar-refractivity contribution in [3.05, 3.63) is 50.9 Å². The minimum Gasteiger partial charge on any atom is -0.385 e. The fraction of sp³-hybridized carbons (Fsp3) is 0.357. The lowest BCUT2D eigenvalue weighted by Crippen LogP contribution is -2.44. The molecule has 0 bridgehead atoms. The van der Waals surface area contributed by atoms with Gasteiger partial charge in [0.05, 0.1) is 5.82 Å². The number of hydrogen-bond acceptors (Lipinski definition) is 6. The number of halogens is 1. The molecule has 0 aliphatic carbocycles. The van der Waals surface area contributed by atoms with Crippen molar-refractivity contribution in [3.8, 4) is 0 Å². The van der Waals surface area contributed by atoms with Crippen molar-refractivity contribution in [2.45, 2.75) is 0 Å². The van der Waals surface area contributed by atoms with Gasteiger partial charge < -0.3 is 31.6 Å². The monoisotopic (exact) mass is 368 g/mol. The molecule has 7 nitrogen and oxygen atoms in total. The first-order valence-electron chi connectivity index (χ1n) is 6.99. The SMILES string of the molecule is Cn1cc(Br)cc(N/C(N)=C/C=C(\N)N2CCNCC2)c1=O. The number of nitrogens with zero attached hydrogens (tertiary/aromatic N) is 2. The van der Waals surface area contributed by atoms with E-state index in [1.165, 1.54) is 4.57 Å². The second kappa shape index (κ2) is 7.37. The summed E-state index contributed by atoms with van der Waals surface area (Å²) in [5, 5.41) is 6.16. The highest BCUT2D eigenvalue weighted by atomic mass is 79.9. The van der Waals surface area contributed by atoms with Crippen LogP contribution < -0.4 is 27.7 Å². The van der Waals surface area contributed by atoms with Crippen LogP contribution in [0.25, 0.3) is 0 Å². The molecule has 0 unspecified atom stereocenters. The summed E-state index contributed by atoms with van der Waals surface area (Å²) >= 11 is 3.35. The summed E-state index contributed by atoms with van der Waals surface area (Å²) in [6.07, 6.45) is 5.10. The Bertz CT molecular complexity index is 645. The van der Waals surface area contributed by atoms with Crippen LogP contribution in [0.3, 0.4) is 0 Å². The van der Waals surface area contributed by atoms with Gasteiger partial charge in [-0.15, -0.1) is 0 Å². The number of pyridine rings is 1. The summed E-state index contributed by atoms with van der Waals surface area (Å²) in [6, 6.07) is 1.69. The van der Waals surface area contributed by atoms with Crippen molar-refractivity contribution < 1.29 is 0 Å². The maximum atomic E-state index is 12.0. The average molecular weight is 369 g/mol. The quantitative estimate of drug-likeness (QED) is 0.561. The van der Waals surface area contributed by atoms with E-state index in [2.05, 4.69) is 31.5 Å². The first kappa shape index (κ1) is 16.4. The predicted molar refractivity (Wildman–Crippen MR) is 92.0 cm³/mol. The van der Waals surface area contributed by atoms with Crippen molar-refractivity contribution in [2.24, 2.45) is 18.5 Å². The van der Waals surface area contributed by atoms with Gasteiger partial charge in [-0.2, -0.15) is 0 Å². The largest absolute Gasteiger partial charge is 0.385 e. The van der Waals surface area contributed by atoms with Gasteiger partial charge in [0.25, 0.3) is 5.56 Å². The topological polar surface area (TPSA) is 101 Å². The van der Waals surface area contributed by atoms with Gasteiger partial charge in [0.2, 0.25) is 0 Å². The Balaban J connectivity index is 2.08. The first-order chi connectivity index (χ1) is 10.5. The van der Waals surface area contributed by atoms with Crippen LogP contribution in [-0.4, -0.2) is 35.6 Å². The molecule has 120 valence electrons. The highest BCUT2D eigenvalue weighted by Gasteiger charge is 2.09. The minimum atomic E-state index is -0.154. The molecule has 1 aliphatic heterocycles. The summed E-state index contributed by atoms with van der Waals surface area (Å²) in [6.45, 7) is 3.57. The maximum Gasteiger partial charge on any atom is 0.274 e. The standard InChI is InChI=1S/C14H21BrN6O/c1-20-9-10(15)8-11(14(20)22)19-12(16)2-3-13(17)21-6-4-18-5-7-21/h2-3,8-9,18-19H,4-7,16-17H2,1H3/b12-2+,13-3+. The summed E-state index contributed by atoms with van der Waals surface area (Å²) in [5.74, 6) is 1.02. The molecule has 0 radical (unpaired) electrons. The second-order valence-corrected chi connectivity index (χ2v) is 5.98. The van der Waals surface area contributed by atoms with Gasteiger partial charge in [-0.05, 0) is 34.1 Å². The number of aromatic nitrogens is 1. The molecule has 1 aliphatic rings. The van der Waals surface area contributed by atoms with Gasteiger partial charge >= 0.3 is 0 Å². The zero-order valence-corrected chi connectivity index (χ0v) is 14.1. The van der Waals surface area contributed by atoms with Gasteiger partial charge in [-0.1, -0.05) is 0 Å². The Hall–Kier alpha value is -1.93. The molecular formula is C14H21BrN6O. The van der Waals surface area contributed by atoms with Crippen LogP contribution in [0.15, 0.2) is 45.3 Å². The third-order valence-corrected chi connectivity index (χ3v) is 3.78. The van der Waals surface area contributed by atoms with Gasteiger partial charge in [-0.25, -0.2) is 0 Å². The Morgan fingerprint density at radius 3 is 2.73 bits per heavy atom. The van der Waals surface area contributed by atoms with Crippen LogP contribution in [0.5, 0.6) is 0 Å². The molecule has 0 saturated carbocycles. The zero-order chi connectivity index (χ0) is 16.1. The van der Waals surface area contributed by atoms with Gasteiger partial charge in [0.15, 0.2) is 0 Å². The number of aryl methyl sites for hydroxylation is 1. The van der Waals surface area contributed by atoms with E-state index < -0.39 is 0 Å². The molecule has 2 rings (SSSR count). The molecule has 1 aromatic rings. The maximum absolute atomic E-state index is 12.0. The van der Waals surface area contributed by atoms with E-state index in [1.54, 1.807) is 31.5 Å². The summed E-state index contributed by atoms with van der Waals surface area (Å²) in [7, 11) is 1.68. The fourth-order valence-electron chi connectivity index (χ4n) is 2.16. The smallest absolute Gasteiger partial charge is 0.274 e. The van der Waals surface area contributed by atoms with E-state index in [4.69, 9.17) is 11.5 Å². The summed E-state index contributed by atoms with van der Waals surface area (Å²) < 4.78 is 2.27. The van der Waals surface area contributed by atoms with Gasteiger partial charge in [-0.3, -0.25) is 4.79 Å². The summed E-state index contributed by atoms with van der Waals surface area (Å²) in [5.41, 5.74) is 12.2. The Labute approximate surface area is 137 Å². The summed E-state index contributed by atoms with van der Waals surface area (Å²) in [4.78, 5) is 14.1. The van der Waals surface area contributed by atoms with E-state index >= 15 is 0 Å². The van der Waals surface area contributed by atoms with E-state index in [9.17, 15) is 4.79 Å². The highest BCUT2D eigenvalue weighted by Crippen LogP contribution is 2.12. The third kappa shape index (κ3) is 4.28. The average Bonchev–Trinajstić information content (AvgIpc) is 2.50. The first-order valence-corrected chi connectivity index (χ1v) is 7.78. The van der Waals surface area contributed by atoms with Gasteiger partial charge in [0, 0.05) is 43.9 Å². The molecule has 22 heavy (non-hydrogen) atoms. The van der Waals surface area contributed by atoms with Crippen molar-refractivity contribution in [1.82, 2.24) is 14.8 Å². The molecule has 0 atom stereocenters. The zero-order valence-electron chi connectivity index (χ0n) is 12.5. The van der Waals surface area contributed by atoms with Crippen LogP contribution >= 0.6 is 15.9 Å². The van der Waals surface area contributed by atoms with Crippen molar-refractivity contribution in [2.75, 3.05) is 31.5 Å². The Kier molecular flexibility index (Phi) is 5.51. The van der Waals surface area contributed by atoms with E-state index in [0.29, 0.717) is 17.3 Å². The number of piperazine rings is 1. The molecule has 2 heterocycles. The third-order valence-electron chi connectivity index (χ3n) is 3.34. The van der Waals surface area contributed by atoms with E-state index in [-0.39, 0.29) is 5.56 Å². The van der Waals surface area contributed by atoms with Crippen molar-refractivity contribution in [3.63, 3.8) is 0 Å². The lowest BCUT2D eigenvalue weighted by Gasteiger charge is -2.29. The molecule has 1 aromatic heterocycles. The van der Waals surface area contributed by atoms with Crippen LogP contribution in [-0.2, 0) is 7.05 Å². The minimum absolute atomic E-state index is 0.154. The van der Waals surface area contributed by atoms with Gasteiger partial charge in [0.1, 0.15) is 11.5 Å². The van der Waals surface area contributed by atoms with Crippen molar-refractivity contribution in [1.29, 1.82) is 0 Å². The molecule has 8 heteroatoms. The molecule has 0 spiro atoms. The van der Waals surface area contributed by atoms with Crippen molar-refractivity contribution >= 4 is 21.6 Å². The number of rotatable bonds is 4. The Morgan fingerprint density at radius 2 is 2.05 bits per heavy atom. The number of nitrogens with two attached hydrogens (primary N) is 2. The second-order valence-electron chi connectivity index (χ2n) is 5.06. The van der Waals surface area contributed by atoms with Crippen LogP contribution in [0.1, 0.15) is 0 Å². The van der Waals surface area contributed by atoms with E-state index in [0.717, 1.165) is 30.7 Å². The van der Waals surface area contributed by atoms with Crippen LogP contribution in [0.2, 0.25) is 0 Å². The molecular weight excluding hydrogens is 348 g/mol. The molecule has 0 amide bonds. The predicted octanol–water partition coefficient (Wildman–Crippen LogP) is 0.0651. The van der Waals surface area contributed by atoms with Crippen LogP contribution in [0, 0.1) is 0 Å². The highest BCUT2D eigenvalue weighted by molar-refractivity contribution is 9.10.